The Balaban J connectivity index is 1.97. The van der Waals surface area contributed by atoms with Gasteiger partial charge in [0.15, 0.2) is 5.43 Å². The lowest BCUT2D eigenvalue weighted by Gasteiger charge is -2.24. The van der Waals surface area contributed by atoms with Crippen LogP contribution in [0, 0.1) is 6.92 Å². The van der Waals surface area contributed by atoms with Gasteiger partial charge in [0.05, 0.1) is 23.2 Å². The number of aliphatic hydroxyl groups is 1. The van der Waals surface area contributed by atoms with Crippen LogP contribution in [0.4, 0.5) is 0 Å². The third kappa shape index (κ3) is 2.88. The van der Waals surface area contributed by atoms with E-state index in [4.69, 9.17) is 9.84 Å². The number of pyridine rings is 1. The van der Waals surface area contributed by atoms with Crippen LogP contribution in [0.3, 0.4) is 0 Å². The Labute approximate surface area is 157 Å². The summed E-state index contributed by atoms with van der Waals surface area (Å²) in [7, 11) is 0. The van der Waals surface area contributed by atoms with E-state index in [2.05, 4.69) is 32.6 Å². The molecule has 1 N–H and O–H groups in total. The highest BCUT2D eigenvalue weighted by Crippen LogP contribution is 2.44. The monoisotopic (exact) mass is 417 g/mol. The summed E-state index contributed by atoms with van der Waals surface area (Å²) in [6, 6.07) is 9.95. The molecule has 0 bridgehead atoms. The maximum Gasteiger partial charge on any atom is 0.192 e. The molecule has 1 aromatic heterocycles. The number of aryl methyl sites for hydroxylation is 1. The van der Waals surface area contributed by atoms with Crippen LogP contribution in [0.2, 0.25) is 0 Å². The van der Waals surface area contributed by atoms with Gasteiger partial charge in [-0.2, -0.15) is 0 Å². The molecule has 0 fully saturated rings. The number of hydrogen-bond acceptors (Lipinski definition) is 4. The number of benzene rings is 2. The number of aliphatic hydroxyl groups excluding tert-OH is 1. The Morgan fingerprint density at radius 3 is 2.88 bits per heavy atom. The van der Waals surface area contributed by atoms with Crippen LogP contribution in [0.1, 0.15) is 12.0 Å². The molecule has 0 spiro atoms. The fourth-order valence-electron chi connectivity index (χ4n) is 3.02. The highest BCUT2D eigenvalue weighted by Gasteiger charge is 2.21. The van der Waals surface area contributed by atoms with Crippen molar-refractivity contribution in [1.29, 1.82) is 0 Å². The summed E-state index contributed by atoms with van der Waals surface area (Å²) in [6.07, 6.45) is 2.47. The lowest BCUT2D eigenvalue weighted by Crippen LogP contribution is -2.15. The van der Waals surface area contributed by atoms with Crippen molar-refractivity contribution < 1.29 is 9.84 Å². The van der Waals surface area contributed by atoms with Gasteiger partial charge in [0.1, 0.15) is 5.75 Å². The Morgan fingerprint density at radius 2 is 2.08 bits per heavy atom. The average Bonchev–Trinajstić information content (AvgIpc) is 2.60. The minimum absolute atomic E-state index is 0.0270. The quantitative estimate of drug-likeness (QED) is 0.503. The second kappa shape index (κ2) is 6.52. The van der Waals surface area contributed by atoms with Crippen molar-refractivity contribution in [3.8, 4) is 11.4 Å². The minimum atomic E-state index is 0.0270. The van der Waals surface area contributed by atoms with Crippen LogP contribution in [0.5, 0.6) is 5.75 Å². The SMILES string of the molecule is Cc1cn2c3c(cc(OCCCO)cc3c1=O)Sc1ccc(Br)cc1-2. The Hall–Kier alpha value is -1.76. The van der Waals surface area contributed by atoms with Crippen LogP contribution in [-0.4, -0.2) is 22.9 Å². The molecular weight excluding hydrogens is 402 g/mol. The molecule has 3 aromatic rings. The Kier molecular flexibility index (Phi) is 4.35. The number of nitrogens with zero attached hydrogens (tertiary/aromatic N) is 1. The van der Waals surface area contributed by atoms with Gasteiger partial charge in [-0.3, -0.25) is 4.79 Å². The number of fused-ring (bicyclic) bond motifs is 2. The zero-order valence-electron chi connectivity index (χ0n) is 13.6. The number of aromatic nitrogens is 1. The van der Waals surface area contributed by atoms with Crippen molar-refractivity contribution in [2.24, 2.45) is 0 Å². The zero-order valence-corrected chi connectivity index (χ0v) is 16.0. The van der Waals surface area contributed by atoms with Gasteiger partial charge in [0.2, 0.25) is 0 Å². The van der Waals surface area contributed by atoms with E-state index < -0.39 is 0 Å². The van der Waals surface area contributed by atoms with Gasteiger partial charge in [0.25, 0.3) is 0 Å². The van der Waals surface area contributed by atoms with Gasteiger partial charge in [-0.25, -0.2) is 0 Å². The zero-order chi connectivity index (χ0) is 17.6. The lowest BCUT2D eigenvalue weighted by atomic mass is 10.1. The molecule has 25 heavy (non-hydrogen) atoms. The fraction of sp³-hybridized carbons (Fsp3) is 0.211. The van der Waals surface area contributed by atoms with Crippen molar-refractivity contribution in [2.75, 3.05) is 13.2 Å². The molecule has 4 rings (SSSR count). The smallest absolute Gasteiger partial charge is 0.192 e. The average molecular weight is 418 g/mol. The predicted molar refractivity (Wildman–Crippen MR) is 103 cm³/mol. The van der Waals surface area contributed by atoms with E-state index >= 15 is 0 Å². The maximum absolute atomic E-state index is 12.7. The van der Waals surface area contributed by atoms with Gasteiger partial charge in [0, 0.05) is 39.1 Å². The molecule has 128 valence electrons. The fourth-order valence-corrected chi connectivity index (χ4v) is 4.49. The molecule has 0 amide bonds. The minimum Gasteiger partial charge on any atom is -0.493 e. The highest BCUT2D eigenvalue weighted by atomic mass is 79.9. The van der Waals surface area contributed by atoms with Gasteiger partial charge in [-0.05, 0) is 37.3 Å². The molecule has 1 aliphatic heterocycles. The first-order valence-electron chi connectivity index (χ1n) is 8.00. The summed E-state index contributed by atoms with van der Waals surface area (Å²) in [5.41, 5.74) is 2.71. The van der Waals surface area contributed by atoms with E-state index in [1.54, 1.807) is 11.8 Å². The third-order valence-corrected chi connectivity index (χ3v) is 5.78. The van der Waals surface area contributed by atoms with Gasteiger partial charge in [-0.15, -0.1) is 0 Å². The second-order valence-corrected chi connectivity index (χ2v) is 7.97. The van der Waals surface area contributed by atoms with E-state index in [-0.39, 0.29) is 12.0 Å². The van der Waals surface area contributed by atoms with Gasteiger partial charge < -0.3 is 14.4 Å². The van der Waals surface area contributed by atoms with Crippen molar-refractivity contribution in [3.05, 3.63) is 56.8 Å². The molecular formula is C19H16BrNO3S. The summed E-state index contributed by atoms with van der Waals surface area (Å²) >= 11 is 5.18. The molecule has 0 atom stereocenters. The first-order chi connectivity index (χ1) is 12.1. The first kappa shape index (κ1) is 16.7. The molecule has 0 saturated carbocycles. The largest absolute Gasteiger partial charge is 0.493 e. The van der Waals surface area contributed by atoms with E-state index in [1.165, 1.54) is 0 Å². The van der Waals surface area contributed by atoms with Crippen LogP contribution in [-0.2, 0) is 0 Å². The molecule has 6 heteroatoms. The molecule has 0 aliphatic carbocycles. The highest BCUT2D eigenvalue weighted by molar-refractivity contribution is 9.10. The first-order valence-corrected chi connectivity index (χ1v) is 9.61. The molecule has 2 aromatic carbocycles. The van der Waals surface area contributed by atoms with E-state index in [9.17, 15) is 4.79 Å². The second-order valence-electron chi connectivity index (χ2n) is 5.97. The number of ether oxygens (including phenoxy) is 1. The third-order valence-electron chi connectivity index (χ3n) is 4.19. The van der Waals surface area contributed by atoms with Crippen molar-refractivity contribution in [1.82, 2.24) is 4.57 Å². The van der Waals surface area contributed by atoms with Gasteiger partial charge in [-0.1, -0.05) is 27.7 Å². The molecule has 4 nitrogen and oxygen atoms in total. The standard InChI is InChI=1S/C19H16BrNO3S/c1-11-10-21-15-7-12(20)3-4-16(15)25-17-9-13(24-6-2-5-22)8-14(18(17)21)19(11)23/h3-4,7-10,22H,2,5-6H2,1H3. The van der Waals surface area contributed by atoms with Crippen molar-refractivity contribution in [2.45, 2.75) is 23.1 Å². The topological polar surface area (TPSA) is 51.5 Å². The van der Waals surface area contributed by atoms with Crippen molar-refractivity contribution in [3.63, 3.8) is 0 Å². The number of hydrogen-bond donors (Lipinski definition) is 1. The van der Waals surface area contributed by atoms with E-state index in [1.807, 2.05) is 31.3 Å². The maximum atomic E-state index is 12.7. The predicted octanol–water partition coefficient (Wildman–Crippen LogP) is 4.29. The van der Waals surface area contributed by atoms with Gasteiger partial charge >= 0.3 is 0 Å². The molecule has 0 saturated heterocycles. The summed E-state index contributed by atoms with van der Waals surface area (Å²) in [6.45, 7) is 2.35. The Morgan fingerprint density at radius 1 is 1.24 bits per heavy atom. The van der Waals surface area contributed by atoms with Crippen LogP contribution in [0.15, 0.2) is 55.6 Å². The number of rotatable bonds is 4. The van der Waals surface area contributed by atoms with E-state index in [0.717, 1.165) is 25.5 Å². The van der Waals surface area contributed by atoms with E-state index in [0.29, 0.717) is 29.7 Å². The van der Waals surface area contributed by atoms with Crippen molar-refractivity contribution >= 4 is 38.6 Å². The summed E-state index contributed by atoms with van der Waals surface area (Å²) in [5, 5.41) is 9.59. The summed E-state index contributed by atoms with van der Waals surface area (Å²) < 4.78 is 8.83. The van der Waals surface area contributed by atoms with Crippen LogP contribution in [0.25, 0.3) is 16.6 Å². The lowest BCUT2D eigenvalue weighted by molar-refractivity contribution is 0.233. The molecule has 1 aliphatic rings. The van der Waals surface area contributed by atoms with Crippen LogP contribution >= 0.6 is 27.7 Å². The number of halogens is 1. The van der Waals surface area contributed by atoms with Crippen LogP contribution < -0.4 is 10.2 Å². The Bertz CT molecular complexity index is 1040. The molecule has 0 radical (unpaired) electrons. The summed E-state index contributed by atoms with van der Waals surface area (Å²) in [4.78, 5) is 14.8. The normalized spacial score (nSPS) is 12.3. The molecule has 0 unspecified atom stereocenters. The summed E-state index contributed by atoms with van der Waals surface area (Å²) in [5.74, 6) is 0.665. The molecule has 2 heterocycles.